The number of nitrogens with one attached hydrogen (secondary N) is 1. The van der Waals surface area contributed by atoms with E-state index < -0.39 is 28.1 Å². The maximum atomic E-state index is 13.5. The molecule has 39 heavy (non-hydrogen) atoms. The van der Waals surface area contributed by atoms with Gasteiger partial charge in [0.25, 0.3) is 5.91 Å². The van der Waals surface area contributed by atoms with Crippen LogP contribution >= 0.6 is 0 Å². The number of anilines is 1. The number of ether oxygens (including phenoxy) is 1. The minimum Gasteiger partial charge on any atom is -0.483 e. The standard InChI is InChI=1S/C30H39N3O5S/c1-21(2)18-33(39(36,37)26-15-13-25(31)14-16-26)19-28(34)27(17-24-11-6-5-7-12-24)32-29(35)20-38-30-22(3)9-8-10-23(30)4/h5-16,21,27-28,34H,17-20,31H2,1-4H3,(H,32,35)/t27-,28+/m0/s1. The lowest BCUT2D eigenvalue weighted by Crippen LogP contribution is -2.52. The second-order valence-corrected chi connectivity index (χ2v) is 12.2. The van der Waals surface area contributed by atoms with Crippen LogP contribution in [0.4, 0.5) is 5.69 Å². The Bertz CT molecular complexity index is 1310. The maximum absolute atomic E-state index is 13.5. The number of nitrogens with zero attached hydrogens (tertiary/aromatic N) is 1. The Morgan fingerprint density at radius 3 is 2.15 bits per heavy atom. The molecule has 0 spiro atoms. The first kappa shape index (κ1) is 30.1. The number of hydrogen-bond acceptors (Lipinski definition) is 6. The third-order valence-electron chi connectivity index (χ3n) is 6.34. The summed E-state index contributed by atoms with van der Waals surface area (Å²) < 4.78 is 34.1. The van der Waals surface area contributed by atoms with Crippen LogP contribution in [-0.4, -0.2) is 55.6 Å². The number of carbonyl (C=O) groups is 1. The molecule has 4 N–H and O–H groups in total. The molecule has 2 atom stereocenters. The summed E-state index contributed by atoms with van der Waals surface area (Å²) in [6.07, 6.45) is -0.870. The van der Waals surface area contributed by atoms with Gasteiger partial charge < -0.3 is 20.9 Å². The van der Waals surface area contributed by atoms with Crippen molar-refractivity contribution in [3.8, 4) is 5.75 Å². The van der Waals surface area contributed by atoms with E-state index in [0.29, 0.717) is 17.9 Å². The van der Waals surface area contributed by atoms with Crippen molar-refractivity contribution in [3.63, 3.8) is 0 Å². The number of aryl methyl sites for hydroxylation is 2. The average Bonchev–Trinajstić information content (AvgIpc) is 2.88. The van der Waals surface area contributed by atoms with Crippen molar-refractivity contribution in [2.75, 3.05) is 25.4 Å². The highest BCUT2D eigenvalue weighted by Gasteiger charge is 2.31. The molecule has 0 aliphatic rings. The first-order chi connectivity index (χ1) is 18.5. The van der Waals surface area contributed by atoms with Gasteiger partial charge in [-0.2, -0.15) is 4.31 Å². The van der Waals surface area contributed by atoms with Crippen LogP contribution in [0, 0.1) is 19.8 Å². The number of amides is 1. The molecule has 0 saturated heterocycles. The van der Waals surface area contributed by atoms with Crippen LogP contribution in [0.3, 0.4) is 0 Å². The molecule has 3 rings (SSSR count). The SMILES string of the molecule is Cc1cccc(C)c1OCC(=O)N[C@@H](Cc1ccccc1)[C@H](O)CN(CC(C)C)S(=O)(=O)c1ccc(N)cc1. The molecule has 0 fully saturated rings. The third-order valence-corrected chi connectivity index (χ3v) is 8.19. The summed E-state index contributed by atoms with van der Waals surface area (Å²) >= 11 is 0. The Morgan fingerprint density at radius 1 is 0.949 bits per heavy atom. The van der Waals surface area contributed by atoms with Crippen LogP contribution in [0.15, 0.2) is 77.7 Å². The normalized spacial score (nSPS) is 13.3. The van der Waals surface area contributed by atoms with Crippen LogP contribution in [0.25, 0.3) is 0 Å². The van der Waals surface area contributed by atoms with E-state index in [4.69, 9.17) is 10.5 Å². The molecule has 0 radical (unpaired) electrons. The van der Waals surface area contributed by atoms with Crippen LogP contribution in [0.2, 0.25) is 0 Å². The molecule has 0 unspecified atom stereocenters. The Hall–Kier alpha value is -3.40. The summed E-state index contributed by atoms with van der Waals surface area (Å²) in [5, 5.41) is 14.2. The molecule has 9 heteroatoms. The van der Waals surface area contributed by atoms with Gasteiger partial charge in [-0.25, -0.2) is 8.42 Å². The minimum atomic E-state index is -3.92. The lowest BCUT2D eigenvalue weighted by Gasteiger charge is -2.30. The lowest BCUT2D eigenvalue weighted by molar-refractivity contribution is -0.124. The van der Waals surface area contributed by atoms with Gasteiger partial charge in [0.1, 0.15) is 5.75 Å². The smallest absolute Gasteiger partial charge is 0.258 e. The van der Waals surface area contributed by atoms with Crippen molar-refractivity contribution < 1.29 is 23.1 Å². The molecule has 3 aromatic carbocycles. The second-order valence-electron chi connectivity index (χ2n) is 10.2. The highest BCUT2D eigenvalue weighted by molar-refractivity contribution is 7.89. The van der Waals surface area contributed by atoms with Crippen LogP contribution in [0.1, 0.15) is 30.5 Å². The van der Waals surface area contributed by atoms with E-state index in [2.05, 4.69) is 5.32 Å². The zero-order valence-electron chi connectivity index (χ0n) is 23.0. The number of benzene rings is 3. The van der Waals surface area contributed by atoms with E-state index in [1.54, 1.807) is 0 Å². The molecule has 3 aromatic rings. The molecular formula is C30H39N3O5S. The summed E-state index contributed by atoms with van der Waals surface area (Å²) in [6, 6.07) is 20.4. The number of hydrogen-bond donors (Lipinski definition) is 3. The Labute approximate surface area is 231 Å². The largest absolute Gasteiger partial charge is 0.483 e. The van der Waals surface area contributed by atoms with E-state index in [-0.39, 0.29) is 30.5 Å². The van der Waals surface area contributed by atoms with E-state index in [0.717, 1.165) is 16.7 Å². The van der Waals surface area contributed by atoms with Gasteiger partial charge in [-0.1, -0.05) is 62.4 Å². The summed E-state index contributed by atoms with van der Waals surface area (Å²) in [4.78, 5) is 13.1. The molecule has 210 valence electrons. The summed E-state index contributed by atoms with van der Waals surface area (Å²) in [5.41, 5.74) is 8.94. The molecule has 0 aliphatic carbocycles. The van der Waals surface area contributed by atoms with Gasteiger partial charge >= 0.3 is 0 Å². The van der Waals surface area contributed by atoms with Crippen LogP contribution in [-0.2, 0) is 21.2 Å². The van der Waals surface area contributed by atoms with E-state index in [9.17, 15) is 18.3 Å². The van der Waals surface area contributed by atoms with E-state index >= 15 is 0 Å². The van der Waals surface area contributed by atoms with E-state index in [1.807, 2.05) is 76.2 Å². The number of nitrogens with two attached hydrogens (primary N) is 1. The molecule has 1 amide bonds. The quantitative estimate of drug-likeness (QED) is 0.278. The van der Waals surface area contributed by atoms with Crippen LogP contribution < -0.4 is 15.8 Å². The molecule has 0 saturated carbocycles. The van der Waals surface area contributed by atoms with Gasteiger partial charge in [-0.3, -0.25) is 4.79 Å². The number of nitrogen functional groups attached to an aromatic ring is 1. The predicted octanol–water partition coefficient (Wildman–Crippen LogP) is 3.70. The first-order valence-corrected chi connectivity index (χ1v) is 14.5. The van der Waals surface area contributed by atoms with Gasteiger partial charge in [-0.15, -0.1) is 0 Å². The first-order valence-electron chi connectivity index (χ1n) is 13.0. The van der Waals surface area contributed by atoms with Gasteiger partial charge in [-0.05, 0) is 67.1 Å². The van der Waals surface area contributed by atoms with Crippen molar-refractivity contribution in [3.05, 3.63) is 89.5 Å². The van der Waals surface area contributed by atoms with Crippen molar-refractivity contribution in [1.29, 1.82) is 0 Å². The third kappa shape index (κ3) is 8.54. The Balaban J connectivity index is 1.81. The molecule has 0 aromatic heterocycles. The zero-order valence-corrected chi connectivity index (χ0v) is 23.8. The summed E-state index contributed by atoms with van der Waals surface area (Å²) in [5.74, 6) is 0.244. The van der Waals surface area contributed by atoms with Gasteiger partial charge in [0.15, 0.2) is 6.61 Å². The van der Waals surface area contributed by atoms with Gasteiger partial charge in [0.2, 0.25) is 10.0 Å². The summed E-state index contributed by atoms with van der Waals surface area (Å²) in [6.45, 7) is 7.41. The topological polar surface area (TPSA) is 122 Å². The highest BCUT2D eigenvalue weighted by atomic mass is 32.2. The number of rotatable bonds is 13. The number of sulfonamides is 1. The monoisotopic (exact) mass is 553 g/mol. The number of aliphatic hydroxyl groups excluding tert-OH is 1. The molecule has 0 heterocycles. The fourth-order valence-corrected chi connectivity index (χ4v) is 5.99. The lowest BCUT2D eigenvalue weighted by atomic mass is 10.0. The number of para-hydroxylation sites is 1. The second kappa shape index (κ2) is 13.6. The van der Waals surface area contributed by atoms with Crippen LogP contribution in [0.5, 0.6) is 5.75 Å². The highest BCUT2D eigenvalue weighted by Crippen LogP contribution is 2.23. The number of aliphatic hydroxyl groups is 1. The fourth-order valence-electron chi connectivity index (χ4n) is 4.37. The predicted molar refractivity (Wildman–Crippen MR) is 154 cm³/mol. The molecule has 0 aliphatic heterocycles. The summed E-state index contributed by atoms with van der Waals surface area (Å²) in [7, 11) is -3.92. The van der Waals surface area contributed by atoms with Gasteiger partial charge in [0, 0.05) is 18.8 Å². The average molecular weight is 554 g/mol. The van der Waals surface area contributed by atoms with Crippen molar-refractivity contribution >= 4 is 21.6 Å². The fraction of sp³-hybridized carbons (Fsp3) is 0.367. The van der Waals surface area contributed by atoms with Crippen molar-refractivity contribution in [2.45, 2.75) is 51.2 Å². The minimum absolute atomic E-state index is 0.00803. The van der Waals surface area contributed by atoms with Crippen molar-refractivity contribution in [2.24, 2.45) is 5.92 Å². The number of carbonyl (C=O) groups excluding carboxylic acids is 1. The maximum Gasteiger partial charge on any atom is 0.258 e. The van der Waals surface area contributed by atoms with Crippen molar-refractivity contribution in [1.82, 2.24) is 9.62 Å². The zero-order chi connectivity index (χ0) is 28.6. The van der Waals surface area contributed by atoms with E-state index in [1.165, 1.54) is 28.6 Å². The molecule has 0 bridgehead atoms. The Kier molecular flexibility index (Phi) is 10.5. The Morgan fingerprint density at radius 2 is 1.56 bits per heavy atom. The van der Waals surface area contributed by atoms with Gasteiger partial charge in [0.05, 0.1) is 17.0 Å². The molecular weight excluding hydrogens is 514 g/mol. The molecule has 8 nitrogen and oxygen atoms in total.